The van der Waals surface area contributed by atoms with Crippen LogP contribution in [0.2, 0.25) is 0 Å². The Labute approximate surface area is 97.1 Å². The van der Waals surface area contributed by atoms with Gasteiger partial charge < -0.3 is 4.90 Å². The van der Waals surface area contributed by atoms with Crippen molar-refractivity contribution >= 4 is 18.4 Å². The highest BCUT2D eigenvalue weighted by molar-refractivity contribution is 7.79. The van der Waals surface area contributed by atoms with Gasteiger partial charge in [-0.15, -0.1) is 0 Å². The first kappa shape index (κ1) is 10.8. The number of hydrogen-bond acceptors (Lipinski definition) is 3. The number of hydrogen-bond donors (Lipinski definition) is 1. The number of rotatable bonds is 3. The lowest BCUT2D eigenvalue weighted by Gasteiger charge is -2.25. The van der Waals surface area contributed by atoms with Crippen molar-refractivity contribution in [3.63, 3.8) is 0 Å². The average molecular weight is 222 g/mol. The van der Waals surface area contributed by atoms with Crippen LogP contribution in [-0.2, 0) is 5.75 Å². The Morgan fingerprint density at radius 3 is 2.67 bits per heavy atom. The van der Waals surface area contributed by atoms with Crippen LogP contribution in [0.1, 0.15) is 31.2 Å². The molecule has 0 aromatic carbocycles. The number of pyridine rings is 1. The van der Waals surface area contributed by atoms with Gasteiger partial charge in [-0.1, -0.05) is 18.9 Å². The zero-order valence-corrected chi connectivity index (χ0v) is 10.1. The summed E-state index contributed by atoms with van der Waals surface area (Å²) >= 11 is 4.23. The van der Waals surface area contributed by atoms with E-state index in [0.29, 0.717) is 6.04 Å². The Kier molecular flexibility index (Phi) is 3.52. The molecule has 1 aromatic heterocycles. The normalized spacial score (nSPS) is 16.9. The predicted octanol–water partition coefficient (Wildman–Crippen LogP) is 2.89. The van der Waals surface area contributed by atoms with Crippen LogP contribution in [0.15, 0.2) is 18.3 Å². The second-order valence-electron chi connectivity index (χ2n) is 4.23. The number of aromatic nitrogens is 1. The Balaban J connectivity index is 2.07. The molecular weight excluding hydrogens is 204 g/mol. The quantitative estimate of drug-likeness (QED) is 0.792. The zero-order valence-electron chi connectivity index (χ0n) is 9.19. The Bertz CT molecular complexity index is 304. The number of nitrogens with zero attached hydrogens (tertiary/aromatic N) is 2. The molecule has 0 amide bonds. The van der Waals surface area contributed by atoms with Gasteiger partial charge in [0.25, 0.3) is 0 Å². The molecule has 0 spiro atoms. The minimum atomic E-state index is 0.694. The summed E-state index contributed by atoms with van der Waals surface area (Å²) in [4.78, 5) is 6.79. The van der Waals surface area contributed by atoms with Gasteiger partial charge in [0.15, 0.2) is 0 Å². The van der Waals surface area contributed by atoms with E-state index in [1.807, 2.05) is 6.20 Å². The van der Waals surface area contributed by atoms with Gasteiger partial charge in [-0.05, 0) is 24.5 Å². The van der Waals surface area contributed by atoms with Gasteiger partial charge in [-0.2, -0.15) is 12.6 Å². The SMILES string of the molecule is CN(c1ccc(CS)cn1)C1CCCC1. The van der Waals surface area contributed by atoms with E-state index in [-0.39, 0.29) is 0 Å². The highest BCUT2D eigenvalue weighted by Gasteiger charge is 2.20. The molecule has 1 saturated carbocycles. The fourth-order valence-corrected chi connectivity index (χ4v) is 2.38. The molecule has 0 aliphatic heterocycles. The smallest absolute Gasteiger partial charge is 0.128 e. The molecule has 0 bridgehead atoms. The monoisotopic (exact) mass is 222 g/mol. The molecule has 1 heterocycles. The molecule has 0 N–H and O–H groups in total. The van der Waals surface area contributed by atoms with Gasteiger partial charge in [-0.25, -0.2) is 4.98 Å². The average Bonchev–Trinajstić information content (AvgIpc) is 2.82. The number of thiol groups is 1. The van der Waals surface area contributed by atoms with E-state index < -0.39 is 0 Å². The van der Waals surface area contributed by atoms with Crippen LogP contribution in [0, 0.1) is 0 Å². The second kappa shape index (κ2) is 4.88. The third kappa shape index (κ3) is 2.46. The van der Waals surface area contributed by atoms with Crippen LogP contribution < -0.4 is 4.90 Å². The summed E-state index contributed by atoms with van der Waals surface area (Å²) in [7, 11) is 2.15. The molecule has 82 valence electrons. The van der Waals surface area contributed by atoms with E-state index in [9.17, 15) is 0 Å². The first-order chi connectivity index (χ1) is 7.31. The minimum Gasteiger partial charge on any atom is -0.357 e. The van der Waals surface area contributed by atoms with Crippen LogP contribution in [0.25, 0.3) is 0 Å². The zero-order chi connectivity index (χ0) is 10.7. The highest BCUT2D eigenvalue weighted by Crippen LogP contribution is 2.25. The number of anilines is 1. The summed E-state index contributed by atoms with van der Waals surface area (Å²) in [5.74, 6) is 1.85. The third-order valence-electron chi connectivity index (χ3n) is 3.23. The van der Waals surface area contributed by atoms with Crippen LogP contribution in [0.3, 0.4) is 0 Å². The summed E-state index contributed by atoms with van der Waals surface area (Å²) < 4.78 is 0. The molecule has 1 aromatic rings. The first-order valence-electron chi connectivity index (χ1n) is 5.60. The fourth-order valence-electron chi connectivity index (χ4n) is 2.20. The lowest BCUT2D eigenvalue weighted by atomic mass is 10.2. The Hall–Kier alpha value is -0.700. The summed E-state index contributed by atoms with van der Waals surface area (Å²) in [6, 6.07) is 4.91. The molecule has 2 nitrogen and oxygen atoms in total. The summed E-state index contributed by atoms with van der Waals surface area (Å²) in [6.07, 6.45) is 7.28. The van der Waals surface area contributed by atoms with Gasteiger partial charge >= 0.3 is 0 Å². The fraction of sp³-hybridized carbons (Fsp3) is 0.583. The van der Waals surface area contributed by atoms with Crippen molar-refractivity contribution in [3.8, 4) is 0 Å². The predicted molar refractivity (Wildman–Crippen MR) is 67.6 cm³/mol. The highest BCUT2D eigenvalue weighted by atomic mass is 32.1. The van der Waals surface area contributed by atoms with E-state index >= 15 is 0 Å². The van der Waals surface area contributed by atoms with E-state index in [4.69, 9.17) is 0 Å². The summed E-state index contributed by atoms with van der Waals surface area (Å²) in [5.41, 5.74) is 1.18. The van der Waals surface area contributed by atoms with Crippen molar-refractivity contribution in [3.05, 3.63) is 23.9 Å². The van der Waals surface area contributed by atoms with E-state index in [2.05, 4.69) is 41.7 Å². The van der Waals surface area contributed by atoms with Crippen LogP contribution in [0.4, 0.5) is 5.82 Å². The molecule has 0 radical (unpaired) electrons. The second-order valence-corrected chi connectivity index (χ2v) is 4.55. The van der Waals surface area contributed by atoms with Crippen molar-refractivity contribution in [2.75, 3.05) is 11.9 Å². The Morgan fingerprint density at radius 1 is 1.40 bits per heavy atom. The van der Waals surface area contributed by atoms with Gasteiger partial charge in [-0.3, -0.25) is 0 Å². The molecule has 1 fully saturated rings. The van der Waals surface area contributed by atoms with E-state index in [0.717, 1.165) is 11.6 Å². The van der Waals surface area contributed by atoms with Crippen molar-refractivity contribution in [2.45, 2.75) is 37.5 Å². The van der Waals surface area contributed by atoms with Gasteiger partial charge in [0.05, 0.1) is 0 Å². The van der Waals surface area contributed by atoms with Gasteiger partial charge in [0, 0.05) is 25.0 Å². The van der Waals surface area contributed by atoms with Crippen molar-refractivity contribution in [2.24, 2.45) is 0 Å². The summed E-state index contributed by atoms with van der Waals surface area (Å²) in [6.45, 7) is 0. The lowest BCUT2D eigenvalue weighted by molar-refractivity contribution is 0.646. The lowest BCUT2D eigenvalue weighted by Crippen LogP contribution is -2.29. The molecule has 0 saturated heterocycles. The molecule has 0 atom stereocenters. The molecule has 1 aliphatic carbocycles. The molecule has 0 unspecified atom stereocenters. The third-order valence-corrected chi connectivity index (χ3v) is 3.59. The van der Waals surface area contributed by atoms with Crippen LogP contribution in [-0.4, -0.2) is 18.1 Å². The molecule has 2 rings (SSSR count). The van der Waals surface area contributed by atoms with Crippen molar-refractivity contribution in [1.82, 2.24) is 4.98 Å². The topological polar surface area (TPSA) is 16.1 Å². The summed E-state index contributed by atoms with van der Waals surface area (Å²) in [5, 5.41) is 0. The van der Waals surface area contributed by atoms with Crippen molar-refractivity contribution < 1.29 is 0 Å². The van der Waals surface area contributed by atoms with E-state index in [1.54, 1.807) is 0 Å². The largest absolute Gasteiger partial charge is 0.357 e. The van der Waals surface area contributed by atoms with Gasteiger partial charge in [0.2, 0.25) is 0 Å². The first-order valence-corrected chi connectivity index (χ1v) is 6.23. The Morgan fingerprint density at radius 2 is 2.13 bits per heavy atom. The standard InChI is InChI=1S/C12H18N2S/c1-14(11-4-2-3-5-11)12-7-6-10(9-15)8-13-12/h6-8,11,15H,2-5,9H2,1H3. The maximum absolute atomic E-state index is 4.47. The van der Waals surface area contributed by atoms with Crippen LogP contribution >= 0.6 is 12.6 Å². The van der Waals surface area contributed by atoms with E-state index in [1.165, 1.54) is 31.2 Å². The molecular formula is C12H18N2S. The molecule has 3 heteroatoms. The van der Waals surface area contributed by atoms with Gasteiger partial charge in [0.1, 0.15) is 5.82 Å². The maximum Gasteiger partial charge on any atom is 0.128 e. The van der Waals surface area contributed by atoms with Crippen molar-refractivity contribution in [1.29, 1.82) is 0 Å². The maximum atomic E-state index is 4.47. The molecule has 15 heavy (non-hydrogen) atoms. The van der Waals surface area contributed by atoms with Crippen LogP contribution in [0.5, 0.6) is 0 Å². The molecule has 1 aliphatic rings. The minimum absolute atomic E-state index is 0.694.